The summed E-state index contributed by atoms with van der Waals surface area (Å²) in [5.74, 6) is 0.262. The lowest BCUT2D eigenvalue weighted by molar-refractivity contribution is -0.130. The molecule has 2 N–H and O–H groups in total. The molecule has 1 saturated carbocycles. The van der Waals surface area contributed by atoms with Crippen LogP contribution in [0.5, 0.6) is 0 Å². The number of amides is 1. The second-order valence-electron chi connectivity index (χ2n) is 5.80. The maximum absolute atomic E-state index is 12.6. The molecule has 0 aromatic heterocycles. The van der Waals surface area contributed by atoms with Crippen molar-refractivity contribution in [3.8, 4) is 0 Å². The fraction of sp³-hybridized carbons (Fsp3) is 0.929. The van der Waals surface area contributed by atoms with Gasteiger partial charge < -0.3 is 10.6 Å². The Hall–Kier alpha value is -0.570. The second-order valence-corrected chi connectivity index (χ2v) is 5.80. The SMILES string of the molecule is CCCC1(C(=O)NC2(CC)CCC2)CCCN1. The van der Waals surface area contributed by atoms with Crippen LogP contribution in [-0.4, -0.2) is 23.5 Å². The summed E-state index contributed by atoms with van der Waals surface area (Å²) in [5.41, 5.74) is -0.130. The summed E-state index contributed by atoms with van der Waals surface area (Å²) in [6.45, 7) is 5.34. The standard InChI is InChI=1S/C14H26N2O/c1-3-7-14(10-6-11-15-14)12(17)16-13(4-2)8-5-9-13/h15H,3-11H2,1-2H3,(H,16,17). The average molecular weight is 238 g/mol. The molecule has 0 spiro atoms. The molecule has 1 amide bonds. The maximum atomic E-state index is 12.6. The molecule has 0 bridgehead atoms. The summed E-state index contributed by atoms with van der Waals surface area (Å²) in [4.78, 5) is 12.6. The van der Waals surface area contributed by atoms with Crippen LogP contribution >= 0.6 is 0 Å². The molecule has 17 heavy (non-hydrogen) atoms. The molecule has 0 aromatic carbocycles. The summed E-state index contributed by atoms with van der Waals surface area (Å²) in [5, 5.41) is 6.80. The van der Waals surface area contributed by atoms with Crippen LogP contribution in [0.4, 0.5) is 0 Å². The van der Waals surface area contributed by atoms with Crippen molar-refractivity contribution in [2.45, 2.75) is 76.3 Å². The minimum atomic E-state index is -0.257. The lowest BCUT2D eigenvalue weighted by atomic mass is 9.74. The van der Waals surface area contributed by atoms with Crippen LogP contribution in [0.1, 0.15) is 65.2 Å². The monoisotopic (exact) mass is 238 g/mol. The van der Waals surface area contributed by atoms with E-state index in [2.05, 4.69) is 24.5 Å². The van der Waals surface area contributed by atoms with Gasteiger partial charge in [-0.2, -0.15) is 0 Å². The lowest BCUT2D eigenvalue weighted by Crippen LogP contribution is -2.62. The van der Waals surface area contributed by atoms with Crippen molar-refractivity contribution in [1.29, 1.82) is 0 Å². The van der Waals surface area contributed by atoms with Crippen LogP contribution in [0, 0.1) is 0 Å². The van der Waals surface area contributed by atoms with Crippen LogP contribution in [-0.2, 0) is 4.79 Å². The number of rotatable bonds is 5. The van der Waals surface area contributed by atoms with E-state index >= 15 is 0 Å². The predicted molar refractivity (Wildman–Crippen MR) is 69.9 cm³/mol. The summed E-state index contributed by atoms with van der Waals surface area (Å²) >= 11 is 0. The Kier molecular flexibility index (Phi) is 3.76. The molecule has 2 rings (SSSR count). The van der Waals surface area contributed by atoms with E-state index in [1.807, 2.05) is 0 Å². The van der Waals surface area contributed by atoms with Crippen molar-refractivity contribution >= 4 is 5.91 Å². The van der Waals surface area contributed by atoms with E-state index in [-0.39, 0.29) is 17.0 Å². The first-order valence-corrected chi connectivity index (χ1v) is 7.24. The van der Waals surface area contributed by atoms with Crippen LogP contribution in [0.15, 0.2) is 0 Å². The molecule has 98 valence electrons. The van der Waals surface area contributed by atoms with Crippen molar-refractivity contribution in [2.75, 3.05) is 6.54 Å². The Morgan fingerprint density at radius 3 is 2.41 bits per heavy atom. The van der Waals surface area contributed by atoms with E-state index < -0.39 is 0 Å². The fourth-order valence-electron chi connectivity index (χ4n) is 3.28. The zero-order valence-electron chi connectivity index (χ0n) is 11.3. The molecule has 1 atom stereocenters. The van der Waals surface area contributed by atoms with Gasteiger partial charge in [-0.15, -0.1) is 0 Å². The van der Waals surface area contributed by atoms with Crippen molar-refractivity contribution < 1.29 is 4.79 Å². The van der Waals surface area contributed by atoms with Crippen molar-refractivity contribution in [3.63, 3.8) is 0 Å². The summed E-state index contributed by atoms with van der Waals surface area (Å²) in [6.07, 6.45) is 8.84. The minimum Gasteiger partial charge on any atom is -0.349 e. The molecule has 3 heteroatoms. The largest absolute Gasteiger partial charge is 0.349 e. The first-order valence-electron chi connectivity index (χ1n) is 7.24. The smallest absolute Gasteiger partial charge is 0.240 e. The molecule has 2 aliphatic rings. The van der Waals surface area contributed by atoms with E-state index in [1.54, 1.807) is 0 Å². The van der Waals surface area contributed by atoms with Gasteiger partial charge in [-0.05, 0) is 51.5 Å². The van der Waals surface area contributed by atoms with E-state index in [9.17, 15) is 4.79 Å². The predicted octanol–water partition coefficient (Wildman–Crippen LogP) is 2.36. The summed E-state index contributed by atoms with van der Waals surface area (Å²) in [6, 6.07) is 0. The van der Waals surface area contributed by atoms with Gasteiger partial charge in [0, 0.05) is 5.54 Å². The number of carbonyl (C=O) groups is 1. The van der Waals surface area contributed by atoms with Gasteiger partial charge in [0.15, 0.2) is 0 Å². The molecule has 1 aliphatic heterocycles. The highest BCUT2D eigenvalue weighted by molar-refractivity contribution is 5.87. The maximum Gasteiger partial charge on any atom is 0.240 e. The molecular weight excluding hydrogens is 212 g/mol. The topological polar surface area (TPSA) is 41.1 Å². The highest BCUT2D eigenvalue weighted by Gasteiger charge is 2.45. The molecule has 0 radical (unpaired) electrons. The number of hydrogen-bond acceptors (Lipinski definition) is 2. The molecule has 1 aliphatic carbocycles. The van der Waals surface area contributed by atoms with Gasteiger partial charge in [-0.1, -0.05) is 20.3 Å². The minimum absolute atomic E-state index is 0.127. The van der Waals surface area contributed by atoms with Gasteiger partial charge in [0.1, 0.15) is 0 Å². The lowest BCUT2D eigenvalue weighted by Gasteiger charge is -2.44. The van der Waals surface area contributed by atoms with Crippen molar-refractivity contribution in [2.24, 2.45) is 0 Å². The number of nitrogens with one attached hydrogen (secondary N) is 2. The molecular formula is C14H26N2O. The molecule has 1 unspecified atom stereocenters. The van der Waals surface area contributed by atoms with Gasteiger partial charge in [-0.3, -0.25) is 4.79 Å². The Balaban J connectivity index is 2.01. The first-order chi connectivity index (χ1) is 8.16. The normalized spacial score (nSPS) is 30.9. The zero-order valence-corrected chi connectivity index (χ0v) is 11.3. The number of hydrogen-bond donors (Lipinski definition) is 2. The Bertz CT molecular complexity index is 272. The van der Waals surface area contributed by atoms with Crippen molar-refractivity contribution in [3.05, 3.63) is 0 Å². The van der Waals surface area contributed by atoms with E-state index in [4.69, 9.17) is 0 Å². The fourth-order valence-corrected chi connectivity index (χ4v) is 3.28. The van der Waals surface area contributed by atoms with E-state index in [0.29, 0.717) is 0 Å². The third kappa shape index (κ3) is 2.35. The zero-order chi connectivity index (χ0) is 12.4. The number of carbonyl (C=O) groups excluding carboxylic acids is 1. The second kappa shape index (κ2) is 4.97. The van der Waals surface area contributed by atoms with Gasteiger partial charge in [0.2, 0.25) is 5.91 Å². The molecule has 1 heterocycles. The van der Waals surface area contributed by atoms with Crippen LogP contribution < -0.4 is 10.6 Å². The highest BCUT2D eigenvalue weighted by atomic mass is 16.2. The van der Waals surface area contributed by atoms with Gasteiger partial charge >= 0.3 is 0 Å². The third-order valence-corrected chi connectivity index (χ3v) is 4.72. The van der Waals surface area contributed by atoms with Gasteiger partial charge in [0.25, 0.3) is 0 Å². The molecule has 1 saturated heterocycles. The average Bonchev–Trinajstić information content (AvgIpc) is 2.73. The molecule has 3 nitrogen and oxygen atoms in total. The van der Waals surface area contributed by atoms with E-state index in [1.165, 1.54) is 6.42 Å². The third-order valence-electron chi connectivity index (χ3n) is 4.72. The van der Waals surface area contributed by atoms with Gasteiger partial charge in [-0.25, -0.2) is 0 Å². The van der Waals surface area contributed by atoms with E-state index in [0.717, 1.165) is 51.5 Å². The summed E-state index contributed by atoms with van der Waals surface area (Å²) in [7, 11) is 0. The first kappa shape index (κ1) is 12.9. The highest BCUT2D eigenvalue weighted by Crippen LogP contribution is 2.36. The van der Waals surface area contributed by atoms with Crippen molar-refractivity contribution in [1.82, 2.24) is 10.6 Å². The quantitative estimate of drug-likeness (QED) is 0.772. The van der Waals surface area contributed by atoms with Crippen LogP contribution in [0.3, 0.4) is 0 Å². The Morgan fingerprint density at radius 2 is 2.00 bits per heavy atom. The molecule has 2 fully saturated rings. The van der Waals surface area contributed by atoms with Crippen LogP contribution in [0.25, 0.3) is 0 Å². The Morgan fingerprint density at radius 1 is 1.24 bits per heavy atom. The van der Waals surface area contributed by atoms with Crippen LogP contribution in [0.2, 0.25) is 0 Å². The molecule has 0 aromatic rings. The Labute approximate surface area is 105 Å². The van der Waals surface area contributed by atoms with Gasteiger partial charge in [0.05, 0.1) is 5.54 Å². The summed E-state index contributed by atoms with van der Waals surface area (Å²) < 4.78 is 0.